The Bertz CT molecular complexity index is 401. The smallest absolute Gasteiger partial charge is 0.261 e. The molecule has 0 fully saturated rings. The average molecular weight is 320 g/mol. The third-order valence-corrected chi connectivity index (χ3v) is 3.56. The predicted octanol–water partition coefficient (Wildman–Crippen LogP) is 3.31. The Kier molecular flexibility index (Phi) is 5.09. The van der Waals surface area contributed by atoms with Gasteiger partial charge in [-0.1, -0.05) is 22.0 Å². The summed E-state index contributed by atoms with van der Waals surface area (Å²) in [4.78, 5) is 0. The van der Waals surface area contributed by atoms with E-state index in [9.17, 15) is 8.78 Å². The number of rotatable bonds is 6. The fourth-order valence-electron chi connectivity index (χ4n) is 2.26. The highest BCUT2D eigenvalue weighted by molar-refractivity contribution is 9.10. The van der Waals surface area contributed by atoms with Crippen molar-refractivity contribution in [3.8, 4) is 0 Å². The van der Waals surface area contributed by atoms with Crippen molar-refractivity contribution in [2.24, 2.45) is 0 Å². The molecule has 1 aliphatic rings. The van der Waals surface area contributed by atoms with Gasteiger partial charge in [0, 0.05) is 17.1 Å². The maximum atomic E-state index is 11.9. The van der Waals surface area contributed by atoms with Crippen molar-refractivity contribution in [3.05, 3.63) is 33.8 Å². The Morgan fingerprint density at radius 3 is 3.06 bits per heavy atom. The van der Waals surface area contributed by atoms with Crippen LogP contribution >= 0.6 is 15.9 Å². The molecule has 1 aliphatic carbocycles. The van der Waals surface area contributed by atoms with Gasteiger partial charge in [0.1, 0.15) is 6.61 Å². The molecular formula is C13H16BrF2NO. The zero-order valence-corrected chi connectivity index (χ0v) is 11.6. The molecule has 1 aromatic rings. The van der Waals surface area contributed by atoms with Crippen molar-refractivity contribution >= 4 is 15.9 Å². The molecule has 0 amide bonds. The van der Waals surface area contributed by atoms with Gasteiger partial charge in [-0.2, -0.15) is 0 Å². The summed E-state index contributed by atoms with van der Waals surface area (Å²) >= 11 is 3.47. The molecule has 5 heteroatoms. The quantitative estimate of drug-likeness (QED) is 0.812. The minimum atomic E-state index is -2.38. The minimum absolute atomic E-state index is 0.313. The van der Waals surface area contributed by atoms with Gasteiger partial charge in [-0.3, -0.25) is 0 Å². The van der Waals surface area contributed by atoms with Crippen molar-refractivity contribution in [1.29, 1.82) is 0 Å². The molecule has 0 saturated heterocycles. The van der Waals surface area contributed by atoms with Crippen LogP contribution in [0.4, 0.5) is 8.78 Å². The monoisotopic (exact) mass is 319 g/mol. The van der Waals surface area contributed by atoms with Gasteiger partial charge in [0.2, 0.25) is 0 Å². The van der Waals surface area contributed by atoms with E-state index in [1.165, 1.54) is 11.1 Å². The summed E-state index contributed by atoms with van der Waals surface area (Å²) < 4.78 is 29.6. The van der Waals surface area contributed by atoms with Gasteiger partial charge < -0.3 is 10.1 Å². The Labute approximate surface area is 114 Å². The predicted molar refractivity (Wildman–Crippen MR) is 70.0 cm³/mol. The number of halogens is 3. The van der Waals surface area contributed by atoms with Gasteiger partial charge in [-0.15, -0.1) is 0 Å². The average Bonchev–Trinajstić information content (AvgIpc) is 2.71. The lowest BCUT2D eigenvalue weighted by Gasteiger charge is -2.14. The van der Waals surface area contributed by atoms with Gasteiger partial charge in [0.25, 0.3) is 6.43 Å². The van der Waals surface area contributed by atoms with Crippen LogP contribution in [-0.2, 0) is 11.2 Å². The summed E-state index contributed by atoms with van der Waals surface area (Å²) in [5, 5.41) is 3.35. The first-order chi connectivity index (χ1) is 8.66. The highest BCUT2D eigenvalue weighted by atomic mass is 79.9. The highest BCUT2D eigenvalue weighted by Gasteiger charge is 2.21. The van der Waals surface area contributed by atoms with E-state index in [1.54, 1.807) is 0 Å². The van der Waals surface area contributed by atoms with Crippen LogP contribution in [0.1, 0.15) is 23.6 Å². The van der Waals surface area contributed by atoms with E-state index >= 15 is 0 Å². The first kappa shape index (κ1) is 13.9. The number of benzene rings is 1. The Morgan fingerprint density at radius 2 is 2.28 bits per heavy atom. The first-order valence-corrected chi connectivity index (χ1v) is 6.83. The molecule has 100 valence electrons. The van der Waals surface area contributed by atoms with Crippen LogP contribution < -0.4 is 5.32 Å². The third kappa shape index (κ3) is 3.73. The summed E-state index contributed by atoms with van der Waals surface area (Å²) in [5.74, 6) is 0. The maximum absolute atomic E-state index is 11.9. The molecule has 1 unspecified atom stereocenters. The highest BCUT2D eigenvalue weighted by Crippen LogP contribution is 2.32. The Morgan fingerprint density at radius 1 is 1.44 bits per heavy atom. The van der Waals surface area contributed by atoms with Crippen LogP contribution in [0.3, 0.4) is 0 Å². The summed E-state index contributed by atoms with van der Waals surface area (Å²) in [6.07, 6.45) is -0.258. The maximum Gasteiger partial charge on any atom is 0.261 e. The molecule has 0 aromatic heterocycles. The minimum Gasteiger partial charge on any atom is -0.374 e. The van der Waals surface area contributed by atoms with Crippen LogP contribution in [-0.4, -0.2) is 26.2 Å². The zero-order valence-electron chi connectivity index (χ0n) is 9.96. The number of hydrogen-bond acceptors (Lipinski definition) is 2. The van der Waals surface area contributed by atoms with E-state index in [2.05, 4.69) is 33.4 Å². The Balaban J connectivity index is 1.77. The Hall–Kier alpha value is -0.520. The molecule has 1 N–H and O–H groups in total. The number of hydrogen-bond donors (Lipinski definition) is 1. The summed E-state index contributed by atoms with van der Waals surface area (Å²) in [7, 11) is 0. The first-order valence-electron chi connectivity index (χ1n) is 6.04. The van der Waals surface area contributed by atoms with Gasteiger partial charge in [-0.05, 0) is 36.1 Å². The van der Waals surface area contributed by atoms with Crippen LogP contribution in [0, 0.1) is 0 Å². The fraction of sp³-hybridized carbons (Fsp3) is 0.538. The van der Waals surface area contributed by atoms with Gasteiger partial charge >= 0.3 is 0 Å². The number of alkyl halides is 2. The molecule has 1 atom stereocenters. The number of nitrogens with one attached hydrogen (secondary N) is 1. The third-order valence-electron chi connectivity index (χ3n) is 3.07. The zero-order chi connectivity index (χ0) is 13.0. The lowest BCUT2D eigenvalue weighted by molar-refractivity contribution is 0.0182. The van der Waals surface area contributed by atoms with E-state index in [-0.39, 0.29) is 0 Å². The van der Waals surface area contributed by atoms with Gasteiger partial charge in [0.15, 0.2) is 0 Å². The number of ether oxygens (including phenoxy) is 1. The summed E-state index contributed by atoms with van der Waals surface area (Å²) in [5.41, 5.74) is 2.67. The second-order valence-electron chi connectivity index (χ2n) is 4.35. The van der Waals surface area contributed by atoms with Crippen molar-refractivity contribution in [3.63, 3.8) is 0 Å². The van der Waals surface area contributed by atoms with Gasteiger partial charge in [0.05, 0.1) is 6.61 Å². The summed E-state index contributed by atoms with van der Waals surface area (Å²) in [6, 6.07) is 6.62. The molecule has 2 rings (SSSR count). The van der Waals surface area contributed by atoms with Gasteiger partial charge in [-0.25, -0.2) is 8.78 Å². The molecule has 1 aromatic carbocycles. The molecule has 0 bridgehead atoms. The van der Waals surface area contributed by atoms with E-state index in [0.29, 0.717) is 19.2 Å². The summed E-state index contributed by atoms with van der Waals surface area (Å²) in [6.45, 7) is 0.446. The number of aryl methyl sites for hydroxylation is 1. The normalized spacial score (nSPS) is 18.3. The topological polar surface area (TPSA) is 21.3 Å². The van der Waals surface area contributed by atoms with Crippen LogP contribution in [0.2, 0.25) is 0 Å². The van der Waals surface area contributed by atoms with Crippen molar-refractivity contribution in [1.82, 2.24) is 5.32 Å². The molecule has 0 radical (unpaired) electrons. The number of fused-ring (bicyclic) bond motifs is 1. The SMILES string of the molecule is FC(F)COCCNC1CCc2ccc(Br)cc21. The standard InChI is InChI=1S/C13H16BrF2NO/c14-10-3-1-9-2-4-12(11(9)7-10)17-5-6-18-8-13(15)16/h1,3,7,12-13,17H,2,4-6,8H2. The molecule has 0 heterocycles. The van der Waals surface area contributed by atoms with E-state index in [0.717, 1.165) is 17.3 Å². The molecular weight excluding hydrogens is 304 g/mol. The molecule has 2 nitrogen and oxygen atoms in total. The van der Waals surface area contributed by atoms with E-state index in [4.69, 9.17) is 4.74 Å². The molecule has 0 saturated carbocycles. The van der Waals surface area contributed by atoms with Crippen molar-refractivity contribution in [2.75, 3.05) is 19.8 Å². The lowest BCUT2D eigenvalue weighted by atomic mass is 10.1. The molecule has 18 heavy (non-hydrogen) atoms. The van der Waals surface area contributed by atoms with E-state index < -0.39 is 13.0 Å². The van der Waals surface area contributed by atoms with Crippen LogP contribution in [0.15, 0.2) is 22.7 Å². The second kappa shape index (κ2) is 6.59. The van der Waals surface area contributed by atoms with Crippen LogP contribution in [0.25, 0.3) is 0 Å². The molecule has 0 aliphatic heterocycles. The van der Waals surface area contributed by atoms with Crippen molar-refractivity contribution < 1.29 is 13.5 Å². The lowest BCUT2D eigenvalue weighted by Crippen LogP contribution is -2.24. The fourth-order valence-corrected chi connectivity index (χ4v) is 2.64. The largest absolute Gasteiger partial charge is 0.374 e. The molecule has 0 spiro atoms. The van der Waals surface area contributed by atoms with E-state index in [1.807, 2.05) is 6.07 Å². The second-order valence-corrected chi connectivity index (χ2v) is 5.27. The van der Waals surface area contributed by atoms with Crippen molar-refractivity contribution in [2.45, 2.75) is 25.3 Å². The van der Waals surface area contributed by atoms with Crippen LogP contribution in [0.5, 0.6) is 0 Å².